The summed E-state index contributed by atoms with van der Waals surface area (Å²) in [6.45, 7) is 3.91. The van der Waals surface area contributed by atoms with Gasteiger partial charge in [0.25, 0.3) is 0 Å². The Kier molecular flexibility index (Phi) is 9.65. The molecule has 0 aromatic heterocycles. The highest BCUT2D eigenvalue weighted by Crippen LogP contribution is 2.28. The van der Waals surface area contributed by atoms with Crippen LogP contribution in [0.5, 0.6) is 0 Å². The molecular weight excluding hydrogens is 502 g/mol. The highest BCUT2D eigenvalue weighted by Gasteiger charge is 2.50. The van der Waals surface area contributed by atoms with E-state index in [-0.39, 0.29) is 30.9 Å². The minimum atomic E-state index is -0.607. The standard InChI is InChI=1S/C28H37N5O4S/c1-21-9-11-23(12-10-21)20-37-15-14-31-18-25-32(24(27(31)35)13-16-38-3)26(34)19-30(2)33(25)28(36)29-17-22-7-5-4-6-8-22/h4-12,24-25H,13-20H2,1-3H3,(H,29,36)/t24-,25-/m0/s1. The first-order valence-corrected chi connectivity index (χ1v) is 14.3. The number of nitrogens with zero attached hydrogens (tertiary/aromatic N) is 4. The third-order valence-electron chi connectivity index (χ3n) is 6.92. The maximum absolute atomic E-state index is 13.5. The second-order valence-electron chi connectivity index (χ2n) is 9.71. The number of carbonyl (C=O) groups excluding carboxylic acids is 3. The topological polar surface area (TPSA) is 85.4 Å². The number of hydrogen-bond donors (Lipinski definition) is 1. The minimum Gasteiger partial charge on any atom is -0.375 e. The average molecular weight is 540 g/mol. The number of aryl methyl sites for hydroxylation is 1. The van der Waals surface area contributed by atoms with E-state index in [0.717, 1.165) is 16.9 Å². The number of fused-ring (bicyclic) bond motifs is 1. The van der Waals surface area contributed by atoms with E-state index in [1.807, 2.05) is 67.8 Å². The third-order valence-corrected chi connectivity index (χ3v) is 7.57. The summed E-state index contributed by atoms with van der Waals surface area (Å²) < 4.78 is 5.89. The lowest BCUT2D eigenvalue weighted by Gasteiger charge is -2.54. The summed E-state index contributed by atoms with van der Waals surface area (Å²) in [6, 6.07) is 16.9. The van der Waals surface area contributed by atoms with E-state index in [4.69, 9.17) is 4.74 Å². The van der Waals surface area contributed by atoms with Crippen LogP contribution in [0.3, 0.4) is 0 Å². The van der Waals surface area contributed by atoms with Crippen LogP contribution in [0.1, 0.15) is 23.1 Å². The van der Waals surface area contributed by atoms with Crippen LogP contribution in [0.15, 0.2) is 54.6 Å². The summed E-state index contributed by atoms with van der Waals surface area (Å²) in [7, 11) is 1.74. The van der Waals surface area contributed by atoms with Crippen molar-refractivity contribution >= 4 is 29.6 Å². The van der Waals surface area contributed by atoms with Crippen LogP contribution < -0.4 is 5.32 Å². The maximum Gasteiger partial charge on any atom is 0.334 e. The summed E-state index contributed by atoms with van der Waals surface area (Å²) in [5.74, 6) is 0.511. The van der Waals surface area contributed by atoms with Crippen molar-refractivity contribution in [3.63, 3.8) is 0 Å². The molecule has 9 nitrogen and oxygen atoms in total. The molecule has 2 aromatic rings. The molecule has 2 atom stereocenters. The van der Waals surface area contributed by atoms with Gasteiger partial charge in [0.15, 0.2) is 0 Å². The molecule has 2 aromatic carbocycles. The van der Waals surface area contributed by atoms with Crippen molar-refractivity contribution in [1.29, 1.82) is 0 Å². The van der Waals surface area contributed by atoms with E-state index in [2.05, 4.69) is 5.32 Å². The van der Waals surface area contributed by atoms with E-state index >= 15 is 0 Å². The van der Waals surface area contributed by atoms with E-state index < -0.39 is 12.2 Å². The van der Waals surface area contributed by atoms with Gasteiger partial charge in [-0.2, -0.15) is 11.8 Å². The lowest BCUT2D eigenvalue weighted by molar-refractivity contribution is -0.187. The van der Waals surface area contributed by atoms with Gasteiger partial charge in [0, 0.05) is 20.1 Å². The smallest absolute Gasteiger partial charge is 0.334 e. The van der Waals surface area contributed by atoms with Crippen LogP contribution in [0.2, 0.25) is 0 Å². The molecule has 204 valence electrons. The molecule has 2 heterocycles. The number of likely N-dealkylation sites (N-methyl/N-ethyl adjacent to an activating group) is 1. The van der Waals surface area contributed by atoms with Gasteiger partial charge in [-0.25, -0.2) is 14.8 Å². The second-order valence-corrected chi connectivity index (χ2v) is 10.7. The molecule has 0 bridgehead atoms. The normalized spacial score (nSPS) is 20.0. The summed E-state index contributed by atoms with van der Waals surface area (Å²) in [5.41, 5.74) is 3.25. The molecule has 4 amide bonds. The number of hydrazine groups is 1. The first-order chi connectivity index (χ1) is 18.4. The number of benzene rings is 2. The fourth-order valence-corrected chi connectivity index (χ4v) is 5.38. The number of rotatable bonds is 10. The summed E-state index contributed by atoms with van der Waals surface area (Å²) in [6.07, 6.45) is 1.93. The molecule has 10 heteroatoms. The Morgan fingerprint density at radius 1 is 1.08 bits per heavy atom. The second kappa shape index (κ2) is 13.1. The SMILES string of the molecule is CSCC[C@H]1C(=O)N(CCOCc2ccc(C)cc2)C[C@H]2N1C(=O)CN(C)N2C(=O)NCc1ccccc1. The number of piperazine rings is 1. The van der Waals surface area contributed by atoms with Gasteiger partial charge in [-0.15, -0.1) is 0 Å². The van der Waals surface area contributed by atoms with Crippen molar-refractivity contribution in [2.24, 2.45) is 0 Å². The third kappa shape index (κ3) is 6.67. The van der Waals surface area contributed by atoms with Gasteiger partial charge in [0.2, 0.25) is 11.8 Å². The number of urea groups is 1. The molecule has 2 saturated heterocycles. The fourth-order valence-electron chi connectivity index (χ4n) is 4.92. The minimum absolute atomic E-state index is 0.0396. The van der Waals surface area contributed by atoms with Crippen LogP contribution in [0.25, 0.3) is 0 Å². The zero-order chi connectivity index (χ0) is 27.1. The van der Waals surface area contributed by atoms with Crippen LogP contribution in [0.4, 0.5) is 4.79 Å². The number of carbonyl (C=O) groups is 3. The van der Waals surface area contributed by atoms with E-state index in [0.29, 0.717) is 32.7 Å². The molecule has 38 heavy (non-hydrogen) atoms. The maximum atomic E-state index is 13.5. The van der Waals surface area contributed by atoms with Crippen molar-refractivity contribution in [1.82, 2.24) is 25.1 Å². The molecule has 0 aliphatic carbocycles. The number of hydrogen-bond acceptors (Lipinski definition) is 6. The summed E-state index contributed by atoms with van der Waals surface area (Å²) in [5, 5.41) is 6.22. The molecular formula is C28H37N5O4S. The quantitative estimate of drug-likeness (QED) is 0.468. The fraction of sp³-hybridized carbons (Fsp3) is 0.464. The van der Waals surface area contributed by atoms with Gasteiger partial charge in [0.1, 0.15) is 12.2 Å². The lowest BCUT2D eigenvalue weighted by atomic mass is 10.0. The molecule has 0 saturated carbocycles. The average Bonchev–Trinajstić information content (AvgIpc) is 2.91. The number of nitrogens with one attached hydrogen (secondary N) is 1. The monoisotopic (exact) mass is 539 g/mol. The molecule has 2 aliphatic heterocycles. The molecule has 4 rings (SSSR count). The Morgan fingerprint density at radius 3 is 2.53 bits per heavy atom. The van der Waals surface area contributed by atoms with Crippen LogP contribution in [-0.2, 0) is 27.5 Å². The Hall–Kier alpha value is -3.08. The molecule has 2 fully saturated rings. The number of thioether (sulfide) groups is 1. The summed E-state index contributed by atoms with van der Waals surface area (Å²) >= 11 is 1.64. The van der Waals surface area contributed by atoms with Gasteiger partial charge in [0.05, 0.1) is 26.3 Å². The van der Waals surface area contributed by atoms with Crippen molar-refractivity contribution in [3.05, 3.63) is 71.3 Å². The van der Waals surface area contributed by atoms with Crippen molar-refractivity contribution < 1.29 is 19.1 Å². The van der Waals surface area contributed by atoms with E-state index in [1.54, 1.807) is 38.6 Å². The van der Waals surface area contributed by atoms with Crippen molar-refractivity contribution in [3.8, 4) is 0 Å². The van der Waals surface area contributed by atoms with Gasteiger partial charge < -0.3 is 19.9 Å². The summed E-state index contributed by atoms with van der Waals surface area (Å²) in [4.78, 5) is 43.5. The van der Waals surface area contributed by atoms with Crippen molar-refractivity contribution in [2.45, 2.75) is 38.7 Å². The largest absolute Gasteiger partial charge is 0.375 e. The number of ether oxygens (including phenoxy) is 1. The highest BCUT2D eigenvalue weighted by molar-refractivity contribution is 7.98. The van der Waals surface area contributed by atoms with E-state index in [1.165, 1.54) is 5.56 Å². The Balaban J connectivity index is 1.46. The zero-order valence-corrected chi connectivity index (χ0v) is 23.2. The Labute approximate surface area is 229 Å². The van der Waals surface area contributed by atoms with Gasteiger partial charge in [-0.1, -0.05) is 60.2 Å². The molecule has 1 N–H and O–H groups in total. The van der Waals surface area contributed by atoms with Crippen molar-refractivity contribution in [2.75, 3.05) is 45.3 Å². The first kappa shape index (κ1) is 27.9. The first-order valence-electron chi connectivity index (χ1n) is 12.9. The van der Waals surface area contributed by atoms with Gasteiger partial charge in [-0.3, -0.25) is 9.59 Å². The zero-order valence-electron chi connectivity index (χ0n) is 22.3. The van der Waals surface area contributed by atoms with Gasteiger partial charge in [-0.05, 0) is 36.5 Å². The van der Waals surface area contributed by atoms with Crippen LogP contribution in [0, 0.1) is 6.92 Å². The Morgan fingerprint density at radius 2 is 1.82 bits per heavy atom. The molecule has 2 aliphatic rings. The Bertz CT molecular complexity index is 1100. The lowest BCUT2D eigenvalue weighted by Crippen LogP contribution is -2.76. The number of amides is 4. The van der Waals surface area contributed by atoms with Crippen LogP contribution >= 0.6 is 11.8 Å². The molecule has 0 unspecified atom stereocenters. The van der Waals surface area contributed by atoms with E-state index in [9.17, 15) is 14.4 Å². The predicted molar refractivity (Wildman–Crippen MR) is 148 cm³/mol. The van der Waals surface area contributed by atoms with Gasteiger partial charge >= 0.3 is 6.03 Å². The highest BCUT2D eigenvalue weighted by atomic mass is 32.2. The predicted octanol–water partition coefficient (Wildman–Crippen LogP) is 2.70. The molecule has 0 spiro atoms. The molecule has 0 radical (unpaired) electrons. The van der Waals surface area contributed by atoms with Crippen LogP contribution in [-0.4, -0.2) is 95.2 Å².